The molecule has 2 aromatic rings. The minimum absolute atomic E-state index is 0.107. The second kappa shape index (κ2) is 7.15. The normalized spacial score (nSPS) is 17.1. The molecule has 0 radical (unpaired) electrons. The Hall–Kier alpha value is -1.53. The Kier molecular flexibility index (Phi) is 5.15. The van der Waals surface area contributed by atoms with Gasteiger partial charge in [-0.05, 0) is 24.3 Å². The van der Waals surface area contributed by atoms with E-state index in [2.05, 4.69) is 5.10 Å². The number of aldehydes is 1. The van der Waals surface area contributed by atoms with Crippen molar-refractivity contribution >= 4 is 70.2 Å². The molecule has 0 saturated carbocycles. The molecule has 0 aliphatic carbocycles. The summed E-state index contributed by atoms with van der Waals surface area (Å²) in [5, 5.41) is 5.09. The second-order valence-corrected chi connectivity index (χ2v) is 7.25. The molecule has 3 rings (SSSR count). The molecule has 1 atom stereocenters. The van der Waals surface area contributed by atoms with Crippen LogP contribution in [0.1, 0.15) is 0 Å². The van der Waals surface area contributed by atoms with Gasteiger partial charge in [-0.3, -0.25) is 9.59 Å². The van der Waals surface area contributed by atoms with Crippen molar-refractivity contribution in [2.45, 2.75) is 10.1 Å². The zero-order chi connectivity index (χ0) is 17.3. The van der Waals surface area contributed by atoms with Crippen molar-refractivity contribution in [3.8, 4) is 0 Å². The molecule has 1 heterocycles. The van der Waals surface area contributed by atoms with E-state index in [1.54, 1.807) is 0 Å². The summed E-state index contributed by atoms with van der Waals surface area (Å²) in [6.07, 6.45) is 0.566. The van der Waals surface area contributed by atoms with Gasteiger partial charge in [-0.1, -0.05) is 53.0 Å². The molecule has 0 saturated heterocycles. The highest BCUT2D eigenvalue weighted by atomic mass is 35.5. The van der Waals surface area contributed by atoms with E-state index >= 15 is 0 Å². The lowest BCUT2D eigenvalue weighted by Gasteiger charge is -2.17. The minimum Gasteiger partial charge on any atom is -0.296 e. The number of halogens is 3. The van der Waals surface area contributed by atoms with Crippen molar-refractivity contribution in [3.05, 3.63) is 57.5 Å². The number of hydrogen-bond donors (Lipinski definition) is 0. The summed E-state index contributed by atoms with van der Waals surface area (Å²) in [4.78, 5) is 24.9. The number of anilines is 1. The predicted octanol–water partition coefficient (Wildman–Crippen LogP) is 4.71. The van der Waals surface area contributed by atoms with E-state index in [4.69, 9.17) is 34.8 Å². The van der Waals surface area contributed by atoms with Crippen LogP contribution >= 0.6 is 46.6 Å². The highest BCUT2D eigenvalue weighted by Gasteiger charge is 2.39. The number of hydrogen-bond acceptors (Lipinski definition) is 4. The van der Waals surface area contributed by atoms with Crippen LogP contribution in [0.15, 0.2) is 52.5 Å². The molecule has 0 spiro atoms. The summed E-state index contributed by atoms with van der Waals surface area (Å²) >= 11 is 19.4. The third kappa shape index (κ3) is 3.30. The molecule has 1 aliphatic rings. The Morgan fingerprint density at radius 2 is 1.71 bits per heavy atom. The molecule has 2 aromatic carbocycles. The van der Waals surface area contributed by atoms with Gasteiger partial charge in [0.05, 0.1) is 10.0 Å². The van der Waals surface area contributed by atoms with Gasteiger partial charge in [-0.25, -0.2) is 0 Å². The van der Waals surface area contributed by atoms with Crippen molar-refractivity contribution in [1.29, 1.82) is 0 Å². The smallest absolute Gasteiger partial charge is 0.267 e. The van der Waals surface area contributed by atoms with Crippen LogP contribution < -0.4 is 5.01 Å². The topological polar surface area (TPSA) is 49.7 Å². The van der Waals surface area contributed by atoms with Gasteiger partial charge in [0.2, 0.25) is 0 Å². The lowest BCUT2D eigenvalue weighted by Crippen LogP contribution is -2.30. The van der Waals surface area contributed by atoms with Gasteiger partial charge >= 0.3 is 0 Å². The van der Waals surface area contributed by atoms with Gasteiger partial charge in [-0.15, -0.1) is 11.8 Å². The molecule has 0 bridgehead atoms. The van der Waals surface area contributed by atoms with Gasteiger partial charge < -0.3 is 0 Å². The van der Waals surface area contributed by atoms with Crippen molar-refractivity contribution in [2.24, 2.45) is 5.10 Å². The molecule has 1 aliphatic heterocycles. The molecule has 1 unspecified atom stereocenters. The average molecular weight is 400 g/mol. The first-order valence-electron chi connectivity index (χ1n) is 6.75. The third-order valence-electron chi connectivity index (χ3n) is 3.23. The Morgan fingerprint density at radius 1 is 1.08 bits per heavy atom. The Balaban J connectivity index is 1.97. The maximum absolute atomic E-state index is 12.8. The fourth-order valence-corrected chi connectivity index (χ4v) is 4.17. The monoisotopic (exact) mass is 398 g/mol. The number of thioether (sulfide) groups is 1. The second-order valence-electron chi connectivity index (χ2n) is 4.82. The van der Waals surface area contributed by atoms with E-state index in [1.807, 2.05) is 30.3 Å². The Labute approximate surface area is 157 Å². The third-order valence-corrected chi connectivity index (χ3v) is 5.25. The number of carbonyl (C=O) groups excluding carboxylic acids is 2. The molecule has 1 amide bonds. The first-order chi connectivity index (χ1) is 11.5. The van der Waals surface area contributed by atoms with Gasteiger partial charge in [-0.2, -0.15) is 10.1 Å². The van der Waals surface area contributed by atoms with Crippen molar-refractivity contribution in [1.82, 2.24) is 0 Å². The molecule has 8 heteroatoms. The largest absolute Gasteiger partial charge is 0.296 e. The van der Waals surface area contributed by atoms with E-state index in [0.717, 1.165) is 9.90 Å². The Morgan fingerprint density at radius 3 is 2.29 bits per heavy atom. The van der Waals surface area contributed by atoms with Crippen LogP contribution in [-0.4, -0.2) is 23.2 Å². The molecule has 0 N–H and O–H groups in total. The number of hydrazone groups is 1. The van der Waals surface area contributed by atoms with Crippen LogP contribution in [-0.2, 0) is 9.59 Å². The standard InChI is InChI=1S/C16H9Cl3N2O2S/c17-9-6-11(18)14(12(19)7-9)21-16(23)15(13(8-22)20-21)24-10-4-2-1-3-5-10/h1-8,15H. The zero-order valence-electron chi connectivity index (χ0n) is 11.9. The molecule has 122 valence electrons. The first kappa shape index (κ1) is 17.3. The Bertz CT molecular complexity index is 819. The lowest BCUT2D eigenvalue weighted by molar-refractivity contribution is -0.116. The number of nitrogens with zero attached hydrogens (tertiary/aromatic N) is 2. The fourth-order valence-electron chi connectivity index (χ4n) is 2.18. The van der Waals surface area contributed by atoms with Crippen molar-refractivity contribution in [3.63, 3.8) is 0 Å². The first-order valence-corrected chi connectivity index (χ1v) is 8.76. The zero-order valence-corrected chi connectivity index (χ0v) is 15.0. The summed E-state index contributed by atoms with van der Waals surface area (Å²) in [5.41, 5.74) is 0.319. The van der Waals surface area contributed by atoms with Crippen molar-refractivity contribution in [2.75, 3.05) is 5.01 Å². The molecular weight excluding hydrogens is 391 g/mol. The average Bonchev–Trinajstić information content (AvgIpc) is 2.84. The highest BCUT2D eigenvalue weighted by molar-refractivity contribution is 8.01. The summed E-state index contributed by atoms with van der Waals surface area (Å²) in [7, 11) is 0. The molecule has 4 nitrogen and oxygen atoms in total. The van der Waals surface area contributed by atoms with Gasteiger partial charge in [0.15, 0.2) is 6.29 Å². The number of amides is 1. The lowest BCUT2D eigenvalue weighted by atomic mass is 10.2. The quantitative estimate of drug-likeness (QED) is 0.700. The van der Waals surface area contributed by atoms with Crippen LogP contribution in [0.5, 0.6) is 0 Å². The van der Waals surface area contributed by atoms with E-state index in [9.17, 15) is 9.59 Å². The number of rotatable bonds is 4. The minimum atomic E-state index is -0.757. The maximum Gasteiger partial charge on any atom is 0.267 e. The predicted molar refractivity (Wildman–Crippen MR) is 98.5 cm³/mol. The molecular formula is C16H9Cl3N2O2S. The van der Waals surface area contributed by atoms with Gasteiger partial charge in [0.25, 0.3) is 5.91 Å². The van der Waals surface area contributed by atoms with Gasteiger partial charge in [0, 0.05) is 9.92 Å². The molecule has 0 aromatic heterocycles. The van der Waals surface area contributed by atoms with Crippen molar-refractivity contribution < 1.29 is 9.59 Å². The van der Waals surface area contributed by atoms with E-state index in [-0.39, 0.29) is 21.4 Å². The van der Waals surface area contributed by atoms with E-state index < -0.39 is 11.2 Å². The van der Waals surface area contributed by atoms with Crippen LogP contribution in [0.2, 0.25) is 15.1 Å². The van der Waals surface area contributed by atoms with Crippen LogP contribution in [0, 0.1) is 0 Å². The summed E-state index contributed by atoms with van der Waals surface area (Å²) in [5.74, 6) is -0.392. The van der Waals surface area contributed by atoms with E-state index in [1.165, 1.54) is 23.9 Å². The fraction of sp³-hybridized carbons (Fsp3) is 0.0625. The van der Waals surface area contributed by atoms with Crippen LogP contribution in [0.4, 0.5) is 5.69 Å². The summed E-state index contributed by atoms with van der Waals surface area (Å²) < 4.78 is 0. The highest BCUT2D eigenvalue weighted by Crippen LogP contribution is 2.40. The maximum atomic E-state index is 12.8. The SMILES string of the molecule is O=CC1=NN(c2c(Cl)cc(Cl)cc2Cl)C(=O)C1Sc1ccccc1. The molecule has 24 heavy (non-hydrogen) atoms. The summed E-state index contributed by atoms with van der Waals surface area (Å²) in [6, 6.07) is 12.2. The molecule has 0 fully saturated rings. The van der Waals surface area contributed by atoms with E-state index in [0.29, 0.717) is 11.3 Å². The number of benzene rings is 2. The van der Waals surface area contributed by atoms with Crippen LogP contribution in [0.25, 0.3) is 0 Å². The summed E-state index contributed by atoms with van der Waals surface area (Å²) in [6.45, 7) is 0. The number of carbonyl (C=O) groups is 2. The van der Waals surface area contributed by atoms with Gasteiger partial charge in [0.1, 0.15) is 16.6 Å². The van der Waals surface area contributed by atoms with Crippen LogP contribution in [0.3, 0.4) is 0 Å².